The van der Waals surface area contributed by atoms with E-state index >= 15 is 0 Å². The van der Waals surface area contributed by atoms with E-state index in [1.54, 1.807) is 6.07 Å². The van der Waals surface area contributed by atoms with E-state index in [0.717, 1.165) is 17.1 Å². The number of hydrogen-bond acceptors (Lipinski definition) is 5. The molecular weight excluding hydrogens is 250 g/mol. The number of nitrogens with one attached hydrogen (secondary N) is 1. The van der Waals surface area contributed by atoms with E-state index < -0.39 is 0 Å². The Kier molecular flexibility index (Phi) is 4.60. The van der Waals surface area contributed by atoms with Crippen molar-refractivity contribution in [2.45, 2.75) is 26.4 Å². The van der Waals surface area contributed by atoms with E-state index in [1.165, 1.54) is 0 Å². The molecule has 2 rings (SSSR count). The predicted molar refractivity (Wildman–Crippen MR) is 73.5 cm³/mol. The molecule has 1 aliphatic heterocycles. The quantitative estimate of drug-likeness (QED) is 0.830. The molecule has 4 nitrogen and oxygen atoms in total. The van der Waals surface area contributed by atoms with Crippen LogP contribution in [0.5, 0.6) is 17.2 Å². The second kappa shape index (κ2) is 6.20. The molecule has 0 amide bonds. The van der Waals surface area contributed by atoms with Gasteiger partial charge in [0.15, 0.2) is 11.5 Å². The zero-order valence-corrected chi connectivity index (χ0v) is 11.5. The van der Waals surface area contributed by atoms with E-state index in [-0.39, 0.29) is 12.5 Å². The molecule has 0 saturated carbocycles. The maximum Gasteiger partial charge on any atom is 0.231 e. The van der Waals surface area contributed by atoms with Crippen LogP contribution in [0.25, 0.3) is 0 Å². The summed E-state index contributed by atoms with van der Waals surface area (Å²) < 4.78 is 10.5. The second-order valence-corrected chi connectivity index (χ2v) is 5.59. The highest BCUT2D eigenvalue weighted by Crippen LogP contribution is 2.37. The Balaban J connectivity index is 1.93. The molecule has 1 aliphatic rings. The van der Waals surface area contributed by atoms with Gasteiger partial charge in [0.2, 0.25) is 6.79 Å². The third-order valence-corrected chi connectivity index (χ3v) is 3.93. The SMILES string of the molecule is CCSCC(C)NCc1cc2c(cc1O)OCO2. The van der Waals surface area contributed by atoms with Crippen LogP contribution in [0.3, 0.4) is 0 Å². The average Bonchev–Trinajstić information content (AvgIpc) is 2.80. The first-order valence-corrected chi connectivity index (χ1v) is 7.28. The van der Waals surface area contributed by atoms with Crippen LogP contribution < -0.4 is 14.8 Å². The molecule has 18 heavy (non-hydrogen) atoms. The van der Waals surface area contributed by atoms with Crippen LogP contribution in [0.4, 0.5) is 0 Å². The fraction of sp³-hybridized carbons (Fsp3) is 0.538. The van der Waals surface area contributed by atoms with E-state index in [2.05, 4.69) is 19.2 Å². The summed E-state index contributed by atoms with van der Waals surface area (Å²) in [7, 11) is 0. The van der Waals surface area contributed by atoms with Gasteiger partial charge in [-0.15, -0.1) is 0 Å². The summed E-state index contributed by atoms with van der Waals surface area (Å²) >= 11 is 1.91. The van der Waals surface area contributed by atoms with Crippen molar-refractivity contribution in [1.82, 2.24) is 5.32 Å². The smallest absolute Gasteiger partial charge is 0.231 e. The van der Waals surface area contributed by atoms with Crippen molar-refractivity contribution >= 4 is 11.8 Å². The van der Waals surface area contributed by atoms with Crippen LogP contribution >= 0.6 is 11.8 Å². The molecule has 1 unspecified atom stereocenters. The molecule has 5 heteroatoms. The minimum absolute atomic E-state index is 0.231. The van der Waals surface area contributed by atoms with Crippen LogP contribution in [0.2, 0.25) is 0 Å². The zero-order chi connectivity index (χ0) is 13.0. The van der Waals surface area contributed by atoms with Gasteiger partial charge in [-0.2, -0.15) is 11.8 Å². The maximum absolute atomic E-state index is 9.88. The van der Waals surface area contributed by atoms with Crippen LogP contribution in [0, 0.1) is 0 Å². The number of hydrogen-bond donors (Lipinski definition) is 2. The number of phenolic OH excluding ortho intramolecular Hbond substituents is 1. The highest BCUT2D eigenvalue weighted by atomic mass is 32.2. The number of aromatic hydroxyl groups is 1. The molecule has 0 bridgehead atoms. The summed E-state index contributed by atoms with van der Waals surface area (Å²) in [5, 5.41) is 13.3. The molecule has 1 heterocycles. The predicted octanol–water partition coefficient (Wildman–Crippen LogP) is 2.35. The first-order valence-electron chi connectivity index (χ1n) is 6.13. The molecular formula is C13H19NO3S. The molecule has 100 valence electrons. The molecule has 1 atom stereocenters. The number of phenols is 1. The monoisotopic (exact) mass is 269 g/mol. The minimum atomic E-state index is 0.231. The average molecular weight is 269 g/mol. The fourth-order valence-corrected chi connectivity index (χ4v) is 2.46. The van der Waals surface area contributed by atoms with Gasteiger partial charge in [0, 0.05) is 30.0 Å². The van der Waals surface area contributed by atoms with Crippen LogP contribution in [0.1, 0.15) is 19.4 Å². The summed E-state index contributed by atoms with van der Waals surface area (Å²) in [6.07, 6.45) is 0. The second-order valence-electron chi connectivity index (χ2n) is 4.28. The number of fused-ring (bicyclic) bond motifs is 1. The standard InChI is InChI=1S/C13H19NO3S/c1-3-18-7-9(2)14-6-10-4-12-13(5-11(10)15)17-8-16-12/h4-5,9,14-15H,3,6-8H2,1-2H3. The number of rotatable bonds is 6. The Morgan fingerprint density at radius 3 is 2.83 bits per heavy atom. The molecule has 0 spiro atoms. The van der Waals surface area contributed by atoms with Crippen molar-refractivity contribution < 1.29 is 14.6 Å². The molecule has 0 aromatic heterocycles. The first kappa shape index (κ1) is 13.4. The van der Waals surface area contributed by atoms with E-state index in [9.17, 15) is 5.11 Å². The molecule has 0 saturated heterocycles. The Morgan fingerprint density at radius 2 is 2.11 bits per heavy atom. The highest BCUT2D eigenvalue weighted by Gasteiger charge is 2.17. The number of benzene rings is 1. The van der Waals surface area contributed by atoms with Crippen LogP contribution in [-0.4, -0.2) is 29.4 Å². The Morgan fingerprint density at radius 1 is 1.39 bits per heavy atom. The van der Waals surface area contributed by atoms with E-state index in [0.29, 0.717) is 24.1 Å². The summed E-state index contributed by atoms with van der Waals surface area (Å²) in [6.45, 7) is 5.16. The molecule has 1 aromatic carbocycles. The molecule has 0 radical (unpaired) electrons. The third-order valence-electron chi connectivity index (χ3n) is 2.79. The summed E-state index contributed by atoms with van der Waals surface area (Å²) in [4.78, 5) is 0. The lowest BCUT2D eigenvalue weighted by Crippen LogP contribution is -2.27. The summed E-state index contributed by atoms with van der Waals surface area (Å²) in [5.41, 5.74) is 0.840. The van der Waals surface area contributed by atoms with Crippen molar-refractivity contribution in [3.8, 4) is 17.2 Å². The molecule has 1 aromatic rings. The van der Waals surface area contributed by atoms with Gasteiger partial charge in [-0.25, -0.2) is 0 Å². The van der Waals surface area contributed by atoms with Crippen LogP contribution in [-0.2, 0) is 6.54 Å². The van der Waals surface area contributed by atoms with Crippen LogP contribution in [0.15, 0.2) is 12.1 Å². The first-order chi connectivity index (χ1) is 8.70. The lowest BCUT2D eigenvalue weighted by molar-refractivity contribution is 0.174. The van der Waals surface area contributed by atoms with Crippen molar-refractivity contribution in [3.05, 3.63) is 17.7 Å². The Labute approximate surface area is 112 Å². The minimum Gasteiger partial charge on any atom is -0.507 e. The van der Waals surface area contributed by atoms with Gasteiger partial charge in [0.05, 0.1) is 0 Å². The topological polar surface area (TPSA) is 50.7 Å². The van der Waals surface area contributed by atoms with Crippen molar-refractivity contribution in [2.24, 2.45) is 0 Å². The summed E-state index contributed by atoms with van der Waals surface area (Å²) in [6, 6.07) is 3.87. The lowest BCUT2D eigenvalue weighted by Gasteiger charge is -2.14. The van der Waals surface area contributed by atoms with Gasteiger partial charge in [0.25, 0.3) is 0 Å². The maximum atomic E-state index is 9.88. The van der Waals surface area contributed by atoms with E-state index in [1.807, 2.05) is 17.8 Å². The van der Waals surface area contributed by atoms with E-state index in [4.69, 9.17) is 9.47 Å². The zero-order valence-electron chi connectivity index (χ0n) is 10.7. The van der Waals surface area contributed by atoms with Crippen molar-refractivity contribution in [3.63, 3.8) is 0 Å². The summed E-state index contributed by atoms with van der Waals surface area (Å²) in [5.74, 6) is 3.77. The third kappa shape index (κ3) is 3.23. The normalized spacial score (nSPS) is 14.8. The number of ether oxygens (including phenoxy) is 2. The largest absolute Gasteiger partial charge is 0.507 e. The van der Waals surface area contributed by atoms with Gasteiger partial charge in [-0.3, -0.25) is 0 Å². The number of thioether (sulfide) groups is 1. The Bertz CT molecular complexity index is 411. The van der Waals surface area contributed by atoms with Gasteiger partial charge >= 0.3 is 0 Å². The molecule has 0 aliphatic carbocycles. The van der Waals surface area contributed by atoms with Gasteiger partial charge < -0.3 is 19.9 Å². The highest BCUT2D eigenvalue weighted by molar-refractivity contribution is 7.99. The lowest BCUT2D eigenvalue weighted by atomic mass is 10.1. The fourth-order valence-electron chi connectivity index (χ4n) is 1.75. The van der Waals surface area contributed by atoms with Gasteiger partial charge in [-0.05, 0) is 18.7 Å². The molecule has 0 fully saturated rings. The van der Waals surface area contributed by atoms with Gasteiger partial charge in [-0.1, -0.05) is 6.92 Å². The van der Waals surface area contributed by atoms with Crippen molar-refractivity contribution in [1.29, 1.82) is 0 Å². The van der Waals surface area contributed by atoms with Crippen molar-refractivity contribution in [2.75, 3.05) is 18.3 Å². The molecule has 2 N–H and O–H groups in total. The Hall–Kier alpha value is -1.07. The van der Waals surface area contributed by atoms with Gasteiger partial charge in [0.1, 0.15) is 5.75 Å².